The molecule has 7 heteroatoms. The minimum absolute atomic E-state index is 0.355. The highest BCUT2D eigenvalue weighted by molar-refractivity contribution is 5.55. The molecule has 126 valence electrons. The van der Waals surface area contributed by atoms with Gasteiger partial charge in [0.25, 0.3) is 0 Å². The van der Waals surface area contributed by atoms with Crippen LogP contribution in [0.25, 0.3) is 0 Å². The maximum atomic E-state index is 9.82. The van der Waals surface area contributed by atoms with Gasteiger partial charge in [-0.25, -0.2) is 14.6 Å². The summed E-state index contributed by atoms with van der Waals surface area (Å²) in [5.74, 6) is 0. The van der Waals surface area contributed by atoms with Gasteiger partial charge in [0.1, 0.15) is 0 Å². The summed E-state index contributed by atoms with van der Waals surface area (Å²) >= 11 is 0. The lowest BCUT2D eigenvalue weighted by molar-refractivity contribution is -0.698. The molecule has 1 N–H and O–H groups in total. The lowest BCUT2D eigenvalue weighted by Gasteiger charge is -2.02. The molecule has 0 radical (unpaired) electrons. The van der Waals surface area contributed by atoms with Crippen molar-refractivity contribution >= 4 is 6.16 Å². The van der Waals surface area contributed by atoms with Crippen molar-refractivity contribution in [3.8, 4) is 0 Å². The second-order valence-electron chi connectivity index (χ2n) is 4.91. The van der Waals surface area contributed by atoms with E-state index < -0.39 is 6.16 Å². The molecule has 0 saturated heterocycles. The van der Waals surface area contributed by atoms with Crippen molar-refractivity contribution in [2.75, 3.05) is 6.61 Å². The quantitative estimate of drug-likeness (QED) is 0.251. The van der Waals surface area contributed by atoms with Gasteiger partial charge in [0, 0.05) is 10.1 Å². The number of hydrogen-bond donors (Lipinski definition) is 1. The minimum atomic E-state index is -1.64. The maximum absolute atomic E-state index is 9.82. The Bertz CT molecular complexity index is 223. The summed E-state index contributed by atoms with van der Waals surface area (Å²) in [7, 11) is 0. The zero-order valence-electron chi connectivity index (χ0n) is 12.9. The van der Waals surface area contributed by atoms with Crippen LogP contribution in [0.5, 0.6) is 0 Å². The molecule has 0 amide bonds. The molecule has 0 rings (SSSR count). The molecule has 7 nitrogen and oxygen atoms in total. The molecular weight excluding hydrogens is 280 g/mol. The summed E-state index contributed by atoms with van der Waals surface area (Å²) in [6.45, 7) is 2.59. The van der Waals surface area contributed by atoms with Crippen LogP contribution in [0, 0.1) is 0 Å². The van der Waals surface area contributed by atoms with Crippen molar-refractivity contribution in [2.45, 2.75) is 77.6 Å². The van der Waals surface area contributed by atoms with Gasteiger partial charge in [0.05, 0.1) is 6.61 Å². The summed E-state index contributed by atoms with van der Waals surface area (Å²) in [5, 5.41) is 19.5. The molecule has 0 aliphatic rings. The zero-order chi connectivity index (χ0) is 15.6. The molecule has 0 aromatic carbocycles. The summed E-state index contributed by atoms with van der Waals surface area (Å²) in [4.78, 5) is 17.9. The van der Waals surface area contributed by atoms with Gasteiger partial charge < -0.3 is 5.11 Å². The smallest absolute Gasteiger partial charge is 0.448 e. The highest BCUT2D eigenvalue weighted by atomic mass is 17.8. The topological polar surface area (TPSA) is 83.5 Å². The van der Waals surface area contributed by atoms with Crippen molar-refractivity contribution in [3.05, 3.63) is 0 Å². The second kappa shape index (κ2) is 17.2. The number of rotatable bonds is 16. The van der Waals surface area contributed by atoms with Crippen LogP contribution in [0.15, 0.2) is 0 Å². The number of unbranched alkanes of at least 4 members (excludes halogenated alkanes) is 10. The van der Waals surface area contributed by atoms with Crippen LogP contribution in [0.1, 0.15) is 77.6 Å². The Balaban J connectivity index is 2.95. The van der Waals surface area contributed by atoms with Crippen molar-refractivity contribution < 1.29 is 34.8 Å². The summed E-state index contributed by atoms with van der Waals surface area (Å²) < 4.78 is 0. The van der Waals surface area contributed by atoms with E-state index in [-0.39, 0.29) is 0 Å². The number of carboxylic acid groups (broad SMARTS) is 1. The molecular formula is C14H28O7. The fraction of sp³-hybridized carbons (Fsp3) is 0.929. The number of carbonyl (C=O) groups is 1. The summed E-state index contributed by atoms with van der Waals surface area (Å²) in [6, 6.07) is 0. The monoisotopic (exact) mass is 308 g/mol. The van der Waals surface area contributed by atoms with E-state index in [0.29, 0.717) is 6.61 Å². The first-order valence-electron chi connectivity index (χ1n) is 7.79. The SMILES string of the molecule is CCCCCCCCCCCCCOOOOOC(=O)O. The highest BCUT2D eigenvalue weighted by Crippen LogP contribution is 2.11. The third-order valence-electron chi connectivity index (χ3n) is 3.04. The number of hydrogen-bond acceptors (Lipinski definition) is 6. The van der Waals surface area contributed by atoms with Gasteiger partial charge in [0.15, 0.2) is 0 Å². The maximum Gasteiger partial charge on any atom is 0.540 e. The van der Waals surface area contributed by atoms with Gasteiger partial charge in [-0.15, -0.1) is 0 Å². The Kier molecular flexibility index (Phi) is 16.4. The standard InChI is InChI=1S/C14H28O7/c1-2-3-4-5-6-7-8-9-10-11-12-13-17-19-21-20-18-14(15)16/h2-13H2,1H3,(H,15,16). The molecule has 0 bridgehead atoms. The fourth-order valence-corrected chi connectivity index (χ4v) is 1.93. The second-order valence-corrected chi connectivity index (χ2v) is 4.91. The van der Waals surface area contributed by atoms with Crippen molar-refractivity contribution in [2.24, 2.45) is 0 Å². The van der Waals surface area contributed by atoms with Crippen molar-refractivity contribution in [1.82, 2.24) is 0 Å². The molecule has 0 aromatic rings. The van der Waals surface area contributed by atoms with Crippen molar-refractivity contribution in [3.63, 3.8) is 0 Å². The Labute approximate surface area is 126 Å². The molecule has 0 heterocycles. The molecule has 0 aliphatic heterocycles. The Hall–Kier alpha value is -0.890. The van der Waals surface area contributed by atoms with Crippen LogP contribution in [0.2, 0.25) is 0 Å². The Morgan fingerprint density at radius 1 is 0.762 bits per heavy atom. The third kappa shape index (κ3) is 19.1. The van der Waals surface area contributed by atoms with Crippen LogP contribution < -0.4 is 0 Å². The molecule has 0 atom stereocenters. The Morgan fingerprint density at radius 2 is 1.29 bits per heavy atom. The van der Waals surface area contributed by atoms with Crippen molar-refractivity contribution in [1.29, 1.82) is 0 Å². The van der Waals surface area contributed by atoms with Crippen LogP contribution in [0.4, 0.5) is 4.79 Å². The van der Waals surface area contributed by atoms with E-state index in [1.54, 1.807) is 0 Å². The van der Waals surface area contributed by atoms with E-state index in [0.717, 1.165) is 12.8 Å². The van der Waals surface area contributed by atoms with E-state index in [4.69, 9.17) is 5.11 Å². The summed E-state index contributed by atoms with van der Waals surface area (Å²) in [5.41, 5.74) is 0. The predicted octanol–water partition coefficient (Wildman–Crippen LogP) is 4.72. The van der Waals surface area contributed by atoms with Crippen LogP contribution in [0.3, 0.4) is 0 Å². The van der Waals surface area contributed by atoms with Gasteiger partial charge in [-0.1, -0.05) is 71.1 Å². The first-order valence-corrected chi connectivity index (χ1v) is 7.79. The van der Waals surface area contributed by atoms with Gasteiger partial charge in [-0.05, 0) is 11.5 Å². The molecule has 0 spiro atoms. The first-order chi connectivity index (χ1) is 10.3. The summed E-state index contributed by atoms with van der Waals surface area (Å²) in [6.07, 6.45) is 12.1. The van der Waals surface area contributed by atoms with E-state index in [9.17, 15) is 4.79 Å². The lowest BCUT2D eigenvalue weighted by atomic mass is 10.1. The van der Waals surface area contributed by atoms with Gasteiger partial charge in [-0.3, -0.25) is 0 Å². The Morgan fingerprint density at radius 3 is 1.81 bits per heavy atom. The van der Waals surface area contributed by atoms with Gasteiger partial charge >= 0.3 is 6.16 Å². The minimum Gasteiger partial charge on any atom is -0.448 e. The van der Waals surface area contributed by atoms with Crippen LogP contribution in [-0.4, -0.2) is 17.9 Å². The fourth-order valence-electron chi connectivity index (χ4n) is 1.93. The predicted molar refractivity (Wildman–Crippen MR) is 74.8 cm³/mol. The van der Waals surface area contributed by atoms with Crippen LogP contribution in [-0.2, 0) is 24.9 Å². The molecule has 0 aromatic heterocycles. The van der Waals surface area contributed by atoms with E-state index in [1.165, 1.54) is 57.8 Å². The average molecular weight is 308 g/mol. The molecule has 0 saturated carbocycles. The molecule has 21 heavy (non-hydrogen) atoms. The van der Waals surface area contributed by atoms with E-state index in [1.807, 2.05) is 0 Å². The molecule has 0 unspecified atom stereocenters. The lowest BCUT2D eigenvalue weighted by Crippen LogP contribution is -2.04. The third-order valence-corrected chi connectivity index (χ3v) is 3.04. The average Bonchev–Trinajstić information content (AvgIpc) is 2.46. The highest BCUT2D eigenvalue weighted by Gasteiger charge is 1.99. The van der Waals surface area contributed by atoms with Crippen LogP contribution >= 0.6 is 0 Å². The molecule has 0 aliphatic carbocycles. The zero-order valence-corrected chi connectivity index (χ0v) is 12.9. The van der Waals surface area contributed by atoms with Gasteiger partial charge in [0.2, 0.25) is 0 Å². The van der Waals surface area contributed by atoms with E-state index >= 15 is 0 Å². The normalized spacial score (nSPS) is 10.7. The van der Waals surface area contributed by atoms with Gasteiger partial charge in [-0.2, -0.15) is 0 Å². The first kappa shape index (κ1) is 20.1. The largest absolute Gasteiger partial charge is 0.540 e. The molecule has 0 fully saturated rings. The van der Waals surface area contributed by atoms with E-state index in [2.05, 4.69) is 31.8 Å².